The molecule has 0 atom stereocenters. The number of nitrogens with zero attached hydrogens (tertiary/aromatic N) is 1. The van der Waals surface area contributed by atoms with Crippen LogP contribution in [0.25, 0.3) is 0 Å². The van der Waals surface area contributed by atoms with Gasteiger partial charge in [-0.1, -0.05) is 29.8 Å². The molecule has 1 N–H and O–H groups in total. The molecule has 0 radical (unpaired) electrons. The number of amides is 1. The predicted octanol–water partition coefficient (Wildman–Crippen LogP) is 3.38. The van der Waals surface area contributed by atoms with Crippen LogP contribution < -0.4 is 9.62 Å². The molecule has 0 aliphatic rings. The monoisotopic (exact) mass is 352 g/mol. The summed E-state index contributed by atoms with van der Waals surface area (Å²) in [7, 11) is -1.92. The van der Waals surface area contributed by atoms with Crippen molar-refractivity contribution in [2.24, 2.45) is 0 Å². The van der Waals surface area contributed by atoms with E-state index in [4.69, 9.17) is 11.6 Å². The molecule has 1 amide bonds. The van der Waals surface area contributed by atoms with Crippen molar-refractivity contribution in [2.75, 3.05) is 22.4 Å². The molecule has 0 fully saturated rings. The summed E-state index contributed by atoms with van der Waals surface area (Å²) in [5, 5.41) is 3.14. The minimum Gasteiger partial charge on any atom is -0.321 e. The number of nitrogens with one attached hydrogen (secondary N) is 1. The van der Waals surface area contributed by atoms with E-state index in [1.54, 1.807) is 49.4 Å². The molecule has 0 aliphatic carbocycles. The Bertz CT molecular complexity index is 822. The van der Waals surface area contributed by atoms with Crippen LogP contribution in [-0.2, 0) is 10.0 Å². The molecule has 0 unspecified atom stereocenters. The summed E-state index contributed by atoms with van der Waals surface area (Å²) in [5.74, 6) is -0.373. The highest BCUT2D eigenvalue weighted by molar-refractivity contribution is 7.92. The van der Waals surface area contributed by atoms with Crippen LogP contribution in [0.1, 0.15) is 17.3 Å². The Labute approximate surface area is 140 Å². The minimum absolute atomic E-state index is 0.0143. The lowest BCUT2D eigenvalue weighted by Crippen LogP contribution is -2.28. The summed E-state index contributed by atoms with van der Waals surface area (Å²) in [5.41, 5.74) is 1.28. The van der Waals surface area contributed by atoms with Crippen molar-refractivity contribution in [3.05, 3.63) is 59.1 Å². The maximum Gasteiger partial charge on any atom is 0.255 e. The van der Waals surface area contributed by atoms with Crippen LogP contribution in [-0.4, -0.2) is 27.1 Å². The van der Waals surface area contributed by atoms with Crippen molar-refractivity contribution in [3.8, 4) is 0 Å². The average molecular weight is 353 g/mol. The molecule has 0 heterocycles. The summed E-state index contributed by atoms with van der Waals surface area (Å²) in [6, 6.07) is 13.3. The fourth-order valence-corrected chi connectivity index (χ4v) is 2.96. The number of halogens is 1. The van der Waals surface area contributed by atoms with Gasteiger partial charge in [-0.15, -0.1) is 0 Å². The van der Waals surface area contributed by atoms with Crippen LogP contribution in [0.2, 0.25) is 5.02 Å². The molecule has 2 aromatic rings. The lowest BCUT2D eigenvalue weighted by molar-refractivity contribution is 0.102. The molecule has 0 saturated heterocycles. The normalized spacial score (nSPS) is 11.1. The number of hydrogen-bond acceptors (Lipinski definition) is 3. The molecule has 0 spiro atoms. The number of anilines is 2. The Hall–Kier alpha value is -2.05. The van der Waals surface area contributed by atoms with Crippen molar-refractivity contribution in [1.29, 1.82) is 0 Å². The smallest absolute Gasteiger partial charge is 0.255 e. The van der Waals surface area contributed by atoms with Gasteiger partial charge in [-0.3, -0.25) is 9.10 Å². The molecular weight excluding hydrogens is 336 g/mol. The third-order valence-electron chi connectivity index (χ3n) is 3.38. The first kappa shape index (κ1) is 17.3. The van der Waals surface area contributed by atoms with E-state index in [-0.39, 0.29) is 11.7 Å². The highest BCUT2D eigenvalue weighted by Gasteiger charge is 2.17. The van der Waals surface area contributed by atoms with Crippen LogP contribution in [0.15, 0.2) is 48.5 Å². The molecule has 0 aromatic heterocycles. The Balaban J connectivity index is 2.26. The second-order valence-corrected chi connectivity index (χ2v) is 7.55. The van der Waals surface area contributed by atoms with Gasteiger partial charge in [0.15, 0.2) is 0 Å². The Kier molecular flexibility index (Phi) is 5.28. The molecule has 7 heteroatoms. The van der Waals surface area contributed by atoms with E-state index in [0.717, 1.165) is 0 Å². The lowest BCUT2D eigenvalue weighted by atomic mass is 10.2. The third kappa shape index (κ3) is 4.03. The molecule has 2 rings (SSSR count). The summed E-state index contributed by atoms with van der Waals surface area (Å²) < 4.78 is 25.0. The third-order valence-corrected chi connectivity index (χ3v) is 5.48. The zero-order valence-corrected chi connectivity index (χ0v) is 14.4. The first-order chi connectivity index (χ1) is 10.8. The van der Waals surface area contributed by atoms with Gasteiger partial charge < -0.3 is 5.32 Å². The summed E-state index contributed by atoms with van der Waals surface area (Å²) in [6.07, 6.45) is 0. The van der Waals surface area contributed by atoms with Crippen LogP contribution in [0, 0.1) is 0 Å². The van der Waals surface area contributed by atoms with Gasteiger partial charge in [0.05, 0.1) is 22.2 Å². The molecular formula is C16H17ClN2O3S. The zero-order valence-electron chi connectivity index (χ0n) is 12.8. The van der Waals surface area contributed by atoms with Crippen molar-refractivity contribution in [1.82, 2.24) is 0 Å². The number of para-hydroxylation sites is 1. The van der Waals surface area contributed by atoms with E-state index in [1.165, 1.54) is 17.4 Å². The molecule has 23 heavy (non-hydrogen) atoms. The Morgan fingerprint density at radius 1 is 1.17 bits per heavy atom. The van der Waals surface area contributed by atoms with Crippen molar-refractivity contribution < 1.29 is 13.2 Å². The highest BCUT2D eigenvalue weighted by atomic mass is 35.5. The van der Waals surface area contributed by atoms with E-state index in [2.05, 4.69) is 5.32 Å². The van der Waals surface area contributed by atoms with Crippen molar-refractivity contribution in [2.45, 2.75) is 6.92 Å². The van der Waals surface area contributed by atoms with Crippen molar-refractivity contribution >= 4 is 38.9 Å². The zero-order chi connectivity index (χ0) is 17.0. The molecule has 0 bridgehead atoms. The predicted molar refractivity (Wildman–Crippen MR) is 93.7 cm³/mol. The number of rotatable bonds is 5. The standard InChI is InChI=1S/C16H17ClN2O3S/c1-3-23(21,22)19(2)13-8-6-7-12(11-13)16(20)18-15-10-5-4-9-14(15)17/h4-11H,3H2,1-2H3,(H,18,20). The number of hydrogen-bond donors (Lipinski definition) is 1. The van der Waals surface area contributed by atoms with E-state index in [9.17, 15) is 13.2 Å². The van der Waals surface area contributed by atoms with Crippen LogP contribution in [0.3, 0.4) is 0 Å². The van der Waals surface area contributed by atoms with Gasteiger partial charge in [-0.2, -0.15) is 0 Å². The van der Waals surface area contributed by atoms with Gasteiger partial charge in [-0.25, -0.2) is 8.42 Å². The SMILES string of the molecule is CCS(=O)(=O)N(C)c1cccc(C(=O)Nc2ccccc2Cl)c1. The van der Waals surface area contributed by atoms with Gasteiger partial charge in [0, 0.05) is 12.6 Å². The first-order valence-electron chi connectivity index (χ1n) is 6.97. The van der Waals surface area contributed by atoms with Gasteiger partial charge in [0.2, 0.25) is 10.0 Å². The van der Waals surface area contributed by atoms with Gasteiger partial charge in [-0.05, 0) is 37.3 Å². The van der Waals surface area contributed by atoms with Crippen molar-refractivity contribution in [3.63, 3.8) is 0 Å². The van der Waals surface area contributed by atoms with E-state index >= 15 is 0 Å². The fraction of sp³-hybridized carbons (Fsp3) is 0.188. The molecule has 122 valence electrons. The maximum absolute atomic E-state index is 12.3. The van der Waals surface area contributed by atoms with Crippen LogP contribution in [0.4, 0.5) is 11.4 Å². The number of carbonyl (C=O) groups excluding carboxylic acids is 1. The molecule has 2 aromatic carbocycles. The molecule has 0 saturated carbocycles. The van der Waals surface area contributed by atoms with Gasteiger partial charge in [0.1, 0.15) is 0 Å². The fourth-order valence-electron chi connectivity index (χ4n) is 1.95. The van der Waals surface area contributed by atoms with E-state index in [1.807, 2.05) is 0 Å². The number of carbonyl (C=O) groups is 1. The van der Waals surface area contributed by atoms with E-state index < -0.39 is 10.0 Å². The first-order valence-corrected chi connectivity index (χ1v) is 8.96. The van der Waals surface area contributed by atoms with Gasteiger partial charge in [0.25, 0.3) is 5.91 Å². The largest absolute Gasteiger partial charge is 0.321 e. The molecule has 0 aliphatic heterocycles. The van der Waals surface area contributed by atoms with Crippen LogP contribution in [0.5, 0.6) is 0 Å². The lowest BCUT2D eigenvalue weighted by Gasteiger charge is -2.19. The summed E-state index contributed by atoms with van der Waals surface area (Å²) in [6.45, 7) is 1.57. The topological polar surface area (TPSA) is 66.5 Å². The molecule has 5 nitrogen and oxygen atoms in total. The average Bonchev–Trinajstić information content (AvgIpc) is 2.56. The van der Waals surface area contributed by atoms with Gasteiger partial charge >= 0.3 is 0 Å². The Morgan fingerprint density at radius 2 is 1.87 bits per heavy atom. The number of sulfonamides is 1. The Morgan fingerprint density at radius 3 is 2.52 bits per heavy atom. The van der Waals surface area contributed by atoms with E-state index in [0.29, 0.717) is 22.0 Å². The second kappa shape index (κ2) is 7.02. The van der Waals surface area contributed by atoms with Crippen LogP contribution >= 0.6 is 11.6 Å². The minimum atomic E-state index is -3.38. The summed E-state index contributed by atoms with van der Waals surface area (Å²) >= 11 is 6.01. The maximum atomic E-state index is 12.3. The quantitative estimate of drug-likeness (QED) is 0.897. The highest BCUT2D eigenvalue weighted by Crippen LogP contribution is 2.23. The number of benzene rings is 2. The summed E-state index contributed by atoms with van der Waals surface area (Å²) in [4.78, 5) is 12.3. The second-order valence-electron chi connectivity index (χ2n) is 4.85.